The predicted molar refractivity (Wildman–Crippen MR) is 58.3 cm³/mol. The molecule has 1 N–H and O–H groups in total. The van der Waals surface area contributed by atoms with Gasteiger partial charge in [0.05, 0.1) is 0 Å². The molecule has 0 saturated heterocycles. The summed E-state index contributed by atoms with van der Waals surface area (Å²) in [6.45, 7) is 0.597. The van der Waals surface area contributed by atoms with Crippen LogP contribution in [0.1, 0.15) is 22.8 Å². The van der Waals surface area contributed by atoms with E-state index in [9.17, 15) is 18.0 Å². The Morgan fingerprint density at radius 1 is 1.38 bits per heavy atom. The van der Waals surface area contributed by atoms with E-state index in [1.54, 1.807) is 0 Å². The third kappa shape index (κ3) is 2.40. The molecule has 88 valence electrons. The van der Waals surface area contributed by atoms with E-state index >= 15 is 0 Å². The Hall–Kier alpha value is -0.560. The molecule has 0 heterocycles. The Balaban J connectivity index is 3.58. The smallest absolute Gasteiger partial charge is 0.339 e. The summed E-state index contributed by atoms with van der Waals surface area (Å²) in [5.41, 5.74) is -1.29. The van der Waals surface area contributed by atoms with Gasteiger partial charge in [-0.25, -0.2) is 18.0 Å². The summed E-state index contributed by atoms with van der Waals surface area (Å²) in [6, 6.07) is 0.512. The van der Waals surface area contributed by atoms with Crippen LogP contribution in [-0.4, -0.2) is 11.1 Å². The normalized spacial score (nSPS) is 11.6. The van der Waals surface area contributed by atoms with Crippen LogP contribution in [0.4, 0.5) is 13.2 Å². The van der Waals surface area contributed by atoms with Gasteiger partial charge in [-0.05, 0) is 37.9 Å². The van der Waals surface area contributed by atoms with Crippen molar-refractivity contribution in [3.63, 3.8) is 0 Å². The quantitative estimate of drug-likeness (QED) is 0.803. The van der Waals surface area contributed by atoms with Crippen molar-refractivity contribution in [3.8, 4) is 0 Å². The van der Waals surface area contributed by atoms with Crippen molar-refractivity contribution >= 4 is 37.8 Å². The topological polar surface area (TPSA) is 37.3 Å². The molecule has 1 aromatic carbocycles. The van der Waals surface area contributed by atoms with Crippen molar-refractivity contribution in [3.05, 3.63) is 32.0 Å². The number of rotatable bonds is 2. The van der Waals surface area contributed by atoms with Gasteiger partial charge in [-0.2, -0.15) is 0 Å². The maximum atomic E-state index is 13.3. The van der Waals surface area contributed by atoms with Crippen molar-refractivity contribution in [2.75, 3.05) is 0 Å². The molecular weight excluding hydrogens is 357 g/mol. The SMILES string of the molecule is CC(F)(F)c1cc(F)c(C(=O)O)c(Br)c1Br. The molecule has 1 aromatic rings. The Kier molecular flexibility index (Phi) is 3.69. The van der Waals surface area contributed by atoms with Crippen molar-refractivity contribution in [2.24, 2.45) is 0 Å². The van der Waals surface area contributed by atoms with Crippen molar-refractivity contribution in [1.82, 2.24) is 0 Å². The van der Waals surface area contributed by atoms with Gasteiger partial charge in [0, 0.05) is 21.4 Å². The Morgan fingerprint density at radius 3 is 2.25 bits per heavy atom. The number of carboxylic acid groups (broad SMARTS) is 1. The van der Waals surface area contributed by atoms with Gasteiger partial charge in [0.2, 0.25) is 0 Å². The zero-order valence-electron chi connectivity index (χ0n) is 7.82. The first kappa shape index (κ1) is 13.5. The summed E-state index contributed by atoms with van der Waals surface area (Å²) in [5, 5.41) is 8.69. The molecule has 0 aliphatic carbocycles. The van der Waals surface area contributed by atoms with Crippen molar-refractivity contribution < 1.29 is 23.1 Å². The Labute approximate surface area is 106 Å². The fraction of sp³-hybridized carbons (Fsp3) is 0.222. The van der Waals surface area contributed by atoms with E-state index in [-0.39, 0.29) is 8.95 Å². The summed E-state index contributed by atoms with van der Waals surface area (Å²) in [6.07, 6.45) is 0. The molecule has 2 nitrogen and oxygen atoms in total. The molecular formula is C9H5Br2F3O2. The van der Waals surface area contributed by atoms with E-state index in [2.05, 4.69) is 31.9 Å². The van der Waals surface area contributed by atoms with Gasteiger partial charge in [-0.1, -0.05) is 0 Å². The van der Waals surface area contributed by atoms with Gasteiger partial charge < -0.3 is 5.11 Å². The standard InChI is InChI=1S/C9H5Br2F3O2/c1-9(13,14)3-2-4(12)5(8(15)16)7(11)6(3)10/h2H,1H3,(H,15,16). The van der Waals surface area contributed by atoms with Gasteiger partial charge in [0.25, 0.3) is 5.92 Å². The second kappa shape index (κ2) is 4.37. The Bertz CT molecular complexity index is 455. The molecule has 7 heteroatoms. The lowest BCUT2D eigenvalue weighted by Gasteiger charge is -2.15. The van der Waals surface area contributed by atoms with Gasteiger partial charge in [-0.15, -0.1) is 0 Å². The maximum absolute atomic E-state index is 13.3. The summed E-state index contributed by atoms with van der Waals surface area (Å²) < 4.78 is 39.0. The highest BCUT2D eigenvalue weighted by molar-refractivity contribution is 9.13. The van der Waals surface area contributed by atoms with Gasteiger partial charge in [0.15, 0.2) is 0 Å². The van der Waals surface area contributed by atoms with Gasteiger partial charge in [0.1, 0.15) is 11.4 Å². The van der Waals surface area contributed by atoms with Crippen LogP contribution in [0.3, 0.4) is 0 Å². The van der Waals surface area contributed by atoms with Crippen LogP contribution < -0.4 is 0 Å². The number of hydrogen-bond acceptors (Lipinski definition) is 1. The highest BCUT2D eigenvalue weighted by atomic mass is 79.9. The first-order chi connectivity index (χ1) is 7.16. The molecule has 0 saturated carbocycles. The molecule has 1 rings (SSSR count). The number of carboxylic acids is 1. The third-order valence-electron chi connectivity index (χ3n) is 1.85. The van der Waals surface area contributed by atoms with E-state index in [1.165, 1.54) is 0 Å². The average molecular weight is 362 g/mol. The number of alkyl halides is 2. The molecule has 0 aromatic heterocycles. The molecule has 0 atom stereocenters. The van der Waals surface area contributed by atoms with Crippen LogP contribution in [-0.2, 0) is 5.92 Å². The molecule has 0 unspecified atom stereocenters. The lowest BCUT2D eigenvalue weighted by atomic mass is 10.1. The molecule has 0 amide bonds. The summed E-state index contributed by atoms with van der Waals surface area (Å²) in [5.74, 6) is -6.01. The lowest BCUT2D eigenvalue weighted by Crippen LogP contribution is -2.12. The van der Waals surface area contributed by atoms with E-state index in [4.69, 9.17) is 5.11 Å². The number of carbonyl (C=O) groups is 1. The minimum Gasteiger partial charge on any atom is -0.478 e. The van der Waals surface area contributed by atoms with Gasteiger partial charge in [-0.3, -0.25) is 0 Å². The molecule has 0 radical (unpaired) electrons. The van der Waals surface area contributed by atoms with Crippen LogP contribution in [0.25, 0.3) is 0 Å². The number of benzene rings is 1. The van der Waals surface area contributed by atoms with Crippen molar-refractivity contribution in [2.45, 2.75) is 12.8 Å². The zero-order chi connectivity index (χ0) is 12.7. The summed E-state index contributed by atoms with van der Waals surface area (Å²) >= 11 is 5.59. The number of aromatic carboxylic acids is 1. The minimum atomic E-state index is -3.26. The van der Waals surface area contributed by atoms with Crippen LogP contribution in [0, 0.1) is 5.82 Å². The molecule has 16 heavy (non-hydrogen) atoms. The highest BCUT2D eigenvalue weighted by Gasteiger charge is 2.31. The largest absolute Gasteiger partial charge is 0.478 e. The first-order valence-corrected chi connectivity index (χ1v) is 5.54. The van der Waals surface area contributed by atoms with Crippen LogP contribution >= 0.6 is 31.9 Å². The fourth-order valence-corrected chi connectivity index (χ4v) is 2.34. The van der Waals surface area contributed by atoms with E-state index in [1.807, 2.05) is 0 Å². The van der Waals surface area contributed by atoms with Crippen LogP contribution in [0.2, 0.25) is 0 Å². The Morgan fingerprint density at radius 2 is 1.88 bits per heavy atom. The average Bonchev–Trinajstić information content (AvgIpc) is 2.09. The zero-order valence-corrected chi connectivity index (χ0v) is 11.0. The fourth-order valence-electron chi connectivity index (χ4n) is 1.11. The van der Waals surface area contributed by atoms with E-state index in [0.717, 1.165) is 0 Å². The maximum Gasteiger partial charge on any atom is 0.339 e. The lowest BCUT2D eigenvalue weighted by molar-refractivity contribution is 0.0161. The number of hydrogen-bond donors (Lipinski definition) is 1. The minimum absolute atomic E-state index is 0.168. The third-order valence-corrected chi connectivity index (χ3v) is 3.99. The number of halogens is 5. The molecule has 0 spiro atoms. The highest BCUT2D eigenvalue weighted by Crippen LogP contribution is 2.39. The predicted octanol–water partition coefficient (Wildman–Crippen LogP) is 4.16. The summed E-state index contributed by atoms with van der Waals surface area (Å²) in [7, 11) is 0. The molecule has 0 aliphatic rings. The monoisotopic (exact) mass is 360 g/mol. The second-order valence-electron chi connectivity index (χ2n) is 3.10. The van der Waals surface area contributed by atoms with Crippen LogP contribution in [0.5, 0.6) is 0 Å². The van der Waals surface area contributed by atoms with Crippen molar-refractivity contribution in [1.29, 1.82) is 0 Å². The molecule has 0 bridgehead atoms. The van der Waals surface area contributed by atoms with Crippen LogP contribution in [0.15, 0.2) is 15.0 Å². The summed E-state index contributed by atoms with van der Waals surface area (Å²) in [4.78, 5) is 10.7. The molecule has 0 aliphatic heterocycles. The second-order valence-corrected chi connectivity index (χ2v) is 4.69. The van der Waals surface area contributed by atoms with E-state index < -0.39 is 28.8 Å². The van der Waals surface area contributed by atoms with E-state index in [0.29, 0.717) is 13.0 Å². The van der Waals surface area contributed by atoms with Gasteiger partial charge >= 0.3 is 5.97 Å². The first-order valence-electron chi connectivity index (χ1n) is 3.95. The molecule has 0 fully saturated rings.